The molecular weight excluding hydrogens is 312 g/mol. The van der Waals surface area contributed by atoms with Crippen molar-refractivity contribution in [3.05, 3.63) is 36.7 Å². The summed E-state index contributed by atoms with van der Waals surface area (Å²) in [6.07, 6.45) is 1.86. The number of hydrogen-bond donors (Lipinski definition) is 0. The van der Waals surface area contributed by atoms with Gasteiger partial charge < -0.3 is 4.74 Å². The minimum absolute atomic E-state index is 0.123. The van der Waals surface area contributed by atoms with Gasteiger partial charge in [0, 0.05) is 12.4 Å². The molecule has 2 rings (SSSR count). The monoisotopic (exact) mass is 325 g/mol. The predicted octanol–water partition coefficient (Wildman–Crippen LogP) is 2.48. The van der Waals surface area contributed by atoms with Crippen LogP contribution in [0, 0.1) is 0 Å². The fourth-order valence-corrected chi connectivity index (χ4v) is 2.13. The van der Waals surface area contributed by atoms with Gasteiger partial charge >= 0.3 is 5.97 Å². The molecule has 0 N–H and O–H groups in total. The Morgan fingerprint density at radius 2 is 1.95 bits per heavy atom. The number of carbonyl (C=O) groups excluding carboxylic acids is 1. The zero-order chi connectivity index (χ0) is 15.8. The van der Waals surface area contributed by atoms with Gasteiger partial charge in [0.1, 0.15) is 13.3 Å². The average Bonchev–Trinajstić information content (AvgIpc) is 2.59. The largest absolute Gasteiger partial charge is 0.456 e. The quantitative estimate of drug-likeness (QED) is 0.443. The molecular formula is C14H13F2N3O2S. The van der Waals surface area contributed by atoms with Crippen LogP contribution in [0.5, 0.6) is 0 Å². The van der Waals surface area contributed by atoms with Crippen LogP contribution in [-0.4, -0.2) is 46.1 Å². The van der Waals surface area contributed by atoms with Crippen LogP contribution in [0.1, 0.15) is 0 Å². The van der Waals surface area contributed by atoms with E-state index in [1.807, 2.05) is 6.07 Å². The molecule has 116 valence electrons. The van der Waals surface area contributed by atoms with E-state index < -0.39 is 25.4 Å². The Labute approximate surface area is 130 Å². The fourth-order valence-electron chi connectivity index (χ4n) is 1.51. The van der Waals surface area contributed by atoms with E-state index >= 15 is 0 Å². The second-order valence-electron chi connectivity index (χ2n) is 4.15. The molecule has 0 spiro atoms. The van der Waals surface area contributed by atoms with Crippen molar-refractivity contribution in [1.82, 2.24) is 15.0 Å². The van der Waals surface area contributed by atoms with Gasteiger partial charge in [0.05, 0.1) is 17.1 Å². The molecule has 0 aliphatic heterocycles. The number of carbonyl (C=O) groups is 1. The maximum absolute atomic E-state index is 12.3. The highest BCUT2D eigenvalue weighted by molar-refractivity contribution is 7.99. The van der Waals surface area contributed by atoms with Gasteiger partial charge in [-0.25, -0.2) is 18.7 Å². The van der Waals surface area contributed by atoms with Gasteiger partial charge in [0.2, 0.25) is 0 Å². The van der Waals surface area contributed by atoms with E-state index in [0.717, 1.165) is 11.8 Å². The summed E-state index contributed by atoms with van der Waals surface area (Å²) in [7, 11) is 0. The molecule has 0 aliphatic carbocycles. The Balaban J connectivity index is 1.95. The molecule has 0 fully saturated rings. The third-order valence-corrected chi connectivity index (χ3v) is 3.36. The van der Waals surface area contributed by atoms with Gasteiger partial charge in [-0.2, -0.15) is 0 Å². The van der Waals surface area contributed by atoms with Crippen LogP contribution in [0.3, 0.4) is 0 Å². The number of esters is 1. The predicted molar refractivity (Wildman–Crippen MR) is 77.8 cm³/mol. The van der Waals surface area contributed by atoms with Crippen molar-refractivity contribution >= 4 is 17.7 Å². The number of thioether (sulfide) groups is 1. The zero-order valence-corrected chi connectivity index (χ0v) is 12.3. The fraction of sp³-hybridized carbons (Fsp3) is 0.286. The first-order valence-electron chi connectivity index (χ1n) is 6.41. The summed E-state index contributed by atoms with van der Waals surface area (Å²) < 4.78 is 29.1. The topological polar surface area (TPSA) is 65.0 Å². The molecule has 0 atom stereocenters. The van der Waals surface area contributed by atoms with Gasteiger partial charge in [-0.05, 0) is 18.2 Å². The molecule has 8 heteroatoms. The maximum atomic E-state index is 12.3. The molecule has 0 aromatic carbocycles. The van der Waals surface area contributed by atoms with Crippen LogP contribution < -0.4 is 0 Å². The molecule has 2 heterocycles. The van der Waals surface area contributed by atoms with Crippen molar-refractivity contribution in [2.24, 2.45) is 0 Å². The van der Waals surface area contributed by atoms with E-state index in [1.165, 1.54) is 0 Å². The highest BCUT2D eigenvalue weighted by Gasteiger charge is 2.15. The van der Waals surface area contributed by atoms with Crippen LogP contribution in [0.2, 0.25) is 0 Å². The number of rotatable bonds is 7. The second-order valence-corrected chi connectivity index (χ2v) is 5.09. The summed E-state index contributed by atoms with van der Waals surface area (Å²) in [5.41, 5.74) is 1.31. The van der Waals surface area contributed by atoms with Crippen molar-refractivity contribution in [2.45, 2.75) is 11.3 Å². The Bertz CT molecular complexity index is 612. The van der Waals surface area contributed by atoms with Gasteiger partial charge in [-0.15, -0.1) is 0 Å². The smallest absolute Gasteiger partial charge is 0.316 e. The molecule has 2 aromatic rings. The summed E-state index contributed by atoms with van der Waals surface area (Å²) in [5, 5.41) is 0.358. The Morgan fingerprint density at radius 1 is 1.14 bits per heavy atom. The Hall–Kier alpha value is -2.09. The highest BCUT2D eigenvalue weighted by atomic mass is 32.2. The van der Waals surface area contributed by atoms with Crippen molar-refractivity contribution in [3.63, 3.8) is 0 Å². The third-order valence-electron chi connectivity index (χ3n) is 2.52. The summed E-state index contributed by atoms with van der Waals surface area (Å²) in [4.78, 5) is 23.9. The van der Waals surface area contributed by atoms with Gasteiger partial charge in [-0.1, -0.05) is 17.8 Å². The average molecular weight is 325 g/mol. The standard InChI is InChI=1S/C14H13F2N3O2S/c15-7-10(8-16)21-13(20)9-22-14-18-6-4-12(19-14)11-3-1-2-5-17-11/h1-6,10H,7-9H2. The lowest BCUT2D eigenvalue weighted by molar-refractivity contribution is -0.147. The van der Waals surface area contributed by atoms with E-state index in [4.69, 9.17) is 0 Å². The summed E-state index contributed by atoms with van der Waals surface area (Å²) in [5.74, 6) is -0.834. The Morgan fingerprint density at radius 3 is 2.64 bits per heavy atom. The molecule has 5 nitrogen and oxygen atoms in total. The first kappa shape index (κ1) is 16.3. The van der Waals surface area contributed by atoms with Crippen molar-refractivity contribution in [2.75, 3.05) is 19.1 Å². The lowest BCUT2D eigenvalue weighted by Gasteiger charge is -2.10. The summed E-state index contributed by atoms with van der Waals surface area (Å²) in [6.45, 7) is -2.09. The van der Waals surface area contributed by atoms with E-state index in [0.29, 0.717) is 16.5 Å². The normalized spacial score (nSPS) is 10.7. The molecule has 0 saturated heterocycles. The lowest BCUT2D eigenvalue weighted by atomic mass is 10.3. The molecule has 0 aliphatic rings. The molecule has 0 radical (unpaired) electrons. The third kappa shape index (κ3) is 4.73. The highest BCUT2D eigenvalue weighted by Crippen LogP contribution is 2.18. The van der Waals surface area contributed by atoms with Gasteiger partial charge in [0.25, 0.3) is 0 Å². The molecule has 0 bridgehead atoms. The first-order valence-corrected chi connectivity index (χ1v) is 7.40. The maximum Gasteiger partial charge on any atom is 0.316 e. The molecule has 0 unspecified atom stereocenters. The molecule has 0 amide bonds. The van der Waals surface area contributed by atoms with Crippen molar-refractivity contribution in [1.29, 1.82) is 0 Å². The Kier molecular flexibility index (Phi) is 6.20. The number of halogens is 2. The van der Waals surface area contributed by atoms with Crippen LogP contribution >= 0.6 is 11.8 Å². The number of aromatic nitrogens is 3. The van der Waals surface area contributed by atoms with Gasteiger partial charge in [0.15, 0.2) is 11.3 Å². The minimum atomic E-state index is -1.34. The molecule has 0 saturated carbocycles. The van der Waals surface area contributed by atoms with E-state index in [2.05, 4.69) is 19.7 Å². The van der Waals surface area contributed by atoms with Crippen LogP contribution in [0.15, 0.2) is 41.8 Å². The number of nitrogens with zero attached hydrogens (tertiary/aromatic N) is 3. The second kappa shape index (κ2) is 8.38. The number of pyridine rings is 1. The van der Waals surface area contributed by atoms with Crippen LogP contribution in [-0.2, 0) is 9.53 Å². The number of alkyl halides is 2. The first-order chi connectivity index (χ1) is 10.7. The van der Waals surface area contributed by atoms with E-state index in [9.17, 15) is 13.6 Å². The summed E-state index contributed by atoms with van der Waals surface area (Å²) in [6, 6.07) is 7.14. The van der Waals surface area contributed by atoms with Crippen LogP contribution in [0.4, 0.5) is 8.78 Å². The van der Waals surface area contributed by atoms with E-state index in [1.54, 1.807) is 30.6 Å². The van der Waals surface area contributed by atoms with Crippen LogP contribution in [0.25, 0.3) is 11.4 Å². The van der Waals surface area contributed by atoms with Crippen molar-refractivity contribution < 1.29 is 18.3 Å². The number of ether oxygens (including phenoxy) is 1. The summed E-state index contributed by atoms with van der Waals surface area (Å²) >= 11 is 1.03. The SMILES string of the molecule is O=C(CSc1nccc(-c2ccccn2)n1)OC(CF)CF. The van der Waals surface area contributed by atoms with Crippen molar-refractivity contribution in [3.8, 4) is 11.4 Å². The molecule has 22 heavy (non-hydrogen) atoms. The lowest BCUT2D eigenvalue weighted by Crippen LogP contribution is -2.23. The van der Waals surface area contributed by atoms with E-state index in [-0.39, 0.29) is 5.75 Å². The zero-order valence-electron chi connectivity index (χ0n) is 11.5. The minimum Gasteiger partial charge on any atom is -0.456 e. The van der Waals surface area contributed by atoms with Gasteiger partial charge in [-0.3, -0.25) is 9.78 Å². The number of hydrogen-bond acceptors (Lipinski definition) is 6. The molecule has 2 aromatic heterocycles.